The van der Waals surface area contributed by atoms with Crippen molar-refractivity contribution in [2.75, 3.05) is 0 Å². The Labute approximate surface area is 249 Å². The fourth-order valence-corrected chi connectivity index (χ4v) is 5.44. The molecule has 0 spiro atoms. The Hall–Kier alpha value is -5.81. The van der Waals surface area contributed by atoms with Gasteiger partial charge >= 0.3 is 0 Å². The van der Waals surface area contributed by atoms with E-state index in [0.29, 0.717) is 5.70 Å². The number of rotatable bonds is 6. The molecule has 7 rings (SSSR count). The van der Waals surface area contributed by atoms with Gasteiger partial charge in [-0.25, -0.2) is 19.9 Å². The fraction of sp³-hybridized carbons (Fsp3) is 0.0263. The second kappa shape index (κ2) is 11.2. The van der Waals surface area contributed by atoms with Crippen molar-refractivity contribution < 1.29 is 0 Å². The zero-order valence-corrected chi connectivity index (χ0v) is 23.6. The summed E-state index contributed by atoms with van der Waals surface area (Å²) in [5.74, 6) is 0. The molecule has 204 valence electrons. The Morgan fingerprint density at radius 1 is 0.605 bits per heavy atom. The summed E-state index contributed by atoms with van der Waals surface area (Å²) in [5, 5.41) is 3.22. The number of aromatic nitrogens is 4. The maximum Gasteiger partial charge on any atom is 0.0978 e. The summed E-state index contributed by atoms with van der Waals surface area (Å²) in [6.45, 7) is 5.67. The Bertz CT molecular complexity index is 2210. The van der Waals surface area contributed by atoms with Gasteiger partial charge < -0.3 is 0 Å². The van der Waals surface area contributed by atoms with Gasteiger partial charge in [0.2, 0.25) is 0 Å². The fourth-order valence-electron chi connectivity index (χ4n) is 5.44. The lowest BCUT2D eigenvalue weighted by Gasteiger charge is -2.13. The third-order valence-electron chi connectivity index (χ3n) is 7.48. The predicted molar refractivity (Wildman–Crippen MR) is 179 cm³/mol. The van der Waals surface area contributed by atoms with Gasteiger partial charge in [-0.3, -0.25) is 4.99 Å². The van der Waals surface area contributed by atoms with E-state index < -0.39 is 0 Å². The van der Waals surface area contributed by atoms with Gasteiger partial charge in [-0.2, -0.15) is 0 Å². The lowest BCUT2D eigenvalue weighted by atomic mass is 9.95. The summed E-state index contributed by atoms with van der Waals surface area (Å²) in [5.41, 5.74) is 9.46. The number of allylic oxidation sites excluding steroid dienone is 3. The molecule has 0 atom stereocenters. The molecule has 0 aliphatic carbocycles. The number of para-hydroxylation sites is 1. The second-order valence-corrected chi connectivity index (χ2v) is 10.2. The summed E-state index contributed by atoms with van der Waals surface area (Å²) in [6.07, 6.45) is 5.76. The monoisotopic (exact) mass is 553 g/mol. The van der Waals surface area contributed by atoms with Gasteiger partial charge in [0.15, 0.2) is 0 Å². The van der Waals surface area contributed by atoms with Crippen LogP contribution in [0.25, 0.3) is 72.3 Å². The van der Waals surface area contributed by atoms with Crippen LogP contribution in [-0.4, -0.2) is 26.7 Å². The summed E-state index contributed by atoms with van der Waals surface area (Å²) >= 11 is 0. The maximum atomic E-state index is 5.16. The number of aliphatic imine (C=N–C) groups is 1. The molecule has 0 aliphatic rings. The molecule has 0 aliphatic heterocycles. The third kappa shape index (κ3) is 4.87. The number of benzene rings is 3. The standard InChI is InChI=1S/C38H27N5/c1-3-4-15-30(39-2)31-17-10-18-32(40-31)33-19-11-20-34(41-33)35-24-22-26-21-23-28-36(25-12-6-5-7-13-25)27-14-8-9-16-29(27)42-38(28)37(26)43-35/h3-24H,2H2,1H3/b4-3-,30-15-. The van der Waals surface area contributed by atoms with Gasteiger partial charge in [-0.15, -0.1) is 0 Å². The van der Waals surface area contributed by atoms with Crippen molar-refractivity contribution in [3.63, 3.8) is 0 Å². The average molecular weight is 554 g/mol. The van der Waals surface area contributed by atoms with E-state index in [4.69, 9.17) is 19.9 Å². The Balaban J connectivity index is 1.38. The van der Waals surface area contributed by atoms with Gasteiger partial charge in [0.25, 0.3) is 0 Å². The van der Waals surface area contributed by atoms with Gasteiger partial charge in [-0.1, -0.05) is 91.0 Å². The van der Waals surface area contributed by atoms with Crippen LogP contribution in [0.4, 0.5) is 0 Å². The molecule has 3 aromatic carbocycles. The first kappa shape index (κ1) is 26.1. The first-order chi connectivity index (χ1) is 21.2. The first-order valence-corrected chi connectivity index (χ1v) is 14.2. The highest BCUT2D eigenvalue weighted by atomic mass is 14.9. The number of pyridine rings is 4. The zero-order chi connectivity index (χ0) is 29.2. The molecule has 0 radical (unpaired) electrons. The topological polar surface area (TPSA) is 63.9 Å². The molecule has 0 fully saturated rings. The Morgan fingerprint density at radius 3 is 2.09 bits per heavy atom. The summed E-state index contributed by atoms with van der Waals surface area (Å²) in [4.78, 5) is 24.3. The summed E-state index contributed by atoms with van der Waals surface area (Å²) in [6, 6.07) is 39.0. The molecule has 43 heavy (non-hydrogen) atoms. The Kier molecular flexibility index (Phi) is 6.82. The number of fused-ring (bicyclic) bond motifs is 4. The molecule has 4 aromatic heterocycles. The van der Waals surface area contributed by atoms with E-state index in [0.717, 1.165) is 66.7 Å². The SMILES string of the molecule is C=N/C(=C\C=C/C)c1cccc(-c2cccc(-c3ccc4ccc5c(-c6ccccc6)c6ccccc6nc5c4n3)n2)n1. The minimum atomic E-state index is 0.703. The van der Waals surface area contributed by atoms with Crippen LogP contribution >= 0.6 is 0 Å². The van der Waals surface area contributed by atoms with Gasteiger partial charge in [0.05, 0.1) is 50.7 Å². The molecular formula is C38H27N5. The van der Waals surface area contributed by atoms with Gasteiger partial charge in [-0.05, 0) is 61.7 Å². The van der Waals surface area contributed by atoms with Crippen LogP contribution in [0.15, 0.2) is 138 Å². The molecular weight excluding hydrogens is 526 g/mol. The van der Waals surface area contributed by atoms with Crippen LogP contribution in [0.5, 0.6) is 0 Å². The molecule has 5 nitrogen and oxygen atoms in total. The number of hydrogen-bond donors (Lipinski definition) is 0. The van der Waals surface area contributed by atoms with E-state index in [1.54, 1.807) is 0 Å². The molecule has 0 unspecified atom stereocenters. The minimum absolute atomic E-state index is 0.703. The second-order valence-electron chi connectivity index (χ2n) is 10.2. The van der Waals surface area contributed by atoms with E-state index in [-0.39, 0.29) is 0 Å². The highest BCUT2D eigenvalue weighted by Crippen LogP contribution is 2.37. The van der Waals surface area contributed by atoms with E-state index in [9.17, 15) is 0 Å². The molecule has 5 heteroatoms. The minimum Gasteiger partial charge on any atom is -0.262 e. The Morgan fingerprint density at radius 2 is 1.30 bits per heavy atom. The molecule has 0 N–H and O–H groups in total. The van der Waals surface area contributed by atoms with E-state index in [1.807, 2.05) is 79.7 Å². The van der Waals surface area contributed by atoms with Crippen molar-refractivity contribution in [2.45, 2.75) is 6.92 Å². The molecule has 0 saturated heterocycles. The van der Waals surface area contributed by atoms with Crippen LogP contribution in [0, 0.1) is 0 Å². The third-order valence-corrected chi connectivity index (χ3v) is 7.48. The lowest BCUT2D eigenvalue weighted by molar-refractivity contribution is 1.21. The molecule has 0 saturated carbocycles. The first-order valence-electron chi connectivity index (χ1n) is 14.2. The smallest absolute Gasteiger partial charge is 0.0978 e. The molecule has 0 amide bonds. The largest absolute Gasteiger partial charge is 0.262 e. The van der Waals surface area contributed by atoms with Gasteiger partial charge in [0.1, 0.15) is 0 Å². The molecule has 4 heterocycles. The van der Waals surface area contributed by atoms with Crippen molar-refractivity contribution in [3.8, 4) is 33.9 Å². The predicted octanol–water partition coefficient (Wildman–Crippen LogP) is 9.34. The van der Waals surface area contributed by atoms with Crippen LogP contribution in [-0.2, 0) is 0 Å². The van der Waals surface area contributed by atoms with Crippen molar-refractivity contribution in [1.29, 1.82) is 0 Å². The quantitative estimate of drug-likeness (QED) is 0.0891. The molecule has 0 bridgehead atoms. The number of hydrogen-bond acceptors (Lipinski definition) is 5. The van der Waals surface area contributed by atoms with E-state index in [1.165, 1.54) is 5.56 Å². The molecule has 7 aromatic rings. The highest BCUT2D eigenvalue weighted by molar-refractivity contribution is 6.16. The van der Waals surface area contributed by atoms with Gasteiger partial charge in [0, 0.05) is 21.7 Å². The summed E-state index contributed by atoms with van der Waals surface area (Å²) in [7, 11) is 0. The highest BCUT2D eigenvalue weighted by Gasteiger charge is 2.15. The number of nitrogens with zero attached hydrogens (tertiary/aromatic N) is 5. The average Bonchev–Trinajstić information content (AvgIpc) is 3.08. The zero-order valence-electron chi connectivity index (χ0n) is 23.6. The lowest BCUT2D eigenvalue weighted by Crippen LogP contribution is -1.96. The maximum absolute atomic E-state index is 5.16. The van der Waals surface area contributed by atoms with E-state index in [2.05, 4.69) is 72.4 Å². The summed E-state index contributed by atoms with van der Waals surface area (Å²) < 4.78 is 0. The van der Waals surface area contributed by atoms with Crippen LogP contribution < -0.4 is 0 Å². The van der Waals surface area contributed by atoms with Crippen molar-refractivity contribution >= 4 is 45.1 Å². The van der Waals surface area contributed by atoms with Crippen LogP contribution in [0.3, 0.4) is 0 Å². The van der Waals surface area contributed by atoms with Crippen molar-refractivity contribution in [2.24, 2.45) is 4.99 Å². The van der Waals surface area contributed by atoms with Crippen LogP contribution in [0.1, 0.15) is 12.6 Å². The van der Waals surface area contributed by atoms with E-state index >= 15 is 0 Å². The van der Waals surface area contributed by atoms with Crippen molar-refractivity contribution in [1.82, 2.24) is 19.9 Å². The van der Waals surface area contributed by atoms with Crippen LogP contribution in [0.2, 0.25) is 0 Å². The van der Waals surface area contributed by atoms with Crippen molar-refractivity contribution in [3.05, 3.63) is 139 Å². The normalized spacial score (nSPS) is 12.0.